The summed E-state index contributed by atoms with van der Waals surface area (Å²) in [6.45, 7) is 0.861. The molecule has 0 aromatic heterocycles. The number of hydrogen-bond donors (Lipinski definition) is 0. The average molecular weight is 339 g/mol. The van der Waals surface area contributed by atoms with Crippen LogP contribution in [-0.4, -0.2) is 6.61 Å². The van der Waals surface area contributed by atoms with Crippen LogP contribution in [0.2, 0.25) is 0 Å². The highest BCUT2D eigenvalue weighted by molar-refractivity contribution is 14.1. The predicted octanol–water partition coefficient (Wildman–Crippen LogP) is 3.38. The zero-order valence-corrected chi connectivity index (χ0v) is 10.2. The van der Waals surface area contributed by atoms with E-state index in [0.29, 0.717) is 0 Å². The Bertz CT molecular complexity index is 281. The van der Waals surface area contributed by atoms with E-state index in [1.165, 1.54) is 9.13 Å². The molecule has 0 fully saturated rings. The molecule has 0 spiro atoms. The van der Waals surface area contributed by atoms with E-state index >= 15 is 0 Å². The lowest BCUT2D eigenvalue weighted by Crippen LogP contribution is -2.08. The minimum Gasteiger partial charge on any atom is -0.493 e. The summed E-state index contributed by atoms with van der Waals surface area (Å²) in [7, 11) is 0. The number of hydrogen-bond acceptors (Lipinski definition) is 1. The van der Waals surface area contributed by atoms with Crippen LogP contribution < -0.4 is 4.74 Å². The molecule has 0 atom stereocenters. The smallest absolute Gasteiger partial charge is 0.123 e. The van der Waals surface area contributed by atoms with Crippen LogP contribution in [0.25, 0.3) is 0 Å². The summed E-state index contributed by atoms with van der Waals surface area (Å²) in [6.07, 6.45) is 2.29. The summed E-state index contributed by atoms with van der Waals surface area (Å²) in [5.74, 6) is 1.05. The summed E-state index contributed by atoms with van der Waals surface area (Å²) in [4.78, 5) is 0. The van der Waals surface area contributed by atoms with Crippen LogP contribution in [0.5, 0.6) is 5.75 Å². The fourth-order valence-electron chi connectivity index (χ4n) is 1.34. The van der Waals surface area contributed by atoms with E-state index in [0.717, 1.165) is 29.7 Å². The molecule has 1 heterocycles. The Kier molecular flexibility index (Phi) is 2.60. The maximum atomic E-state index is 5.53. The Labute approximate surface area is 93.8 Å². The van der Waals surface area contributed by atoms with Gasteiger partial charge in [0.05, 0.1) is 6.61 Å². The second kappa shape index (κ2) is 3.54. The second-order valence-electron chi connectivity index (χ2n) is 2.83. The Morgan fingerprint density at radius 2 is 2.25 bits per heavy atom. The molecule has 1 aromatic carbocycles. The van der Waals surface area contributed by atoms with E-state index < -0.39 is 0 Å². The van der Waals surface area contributed by atoms with E-state index in [1.54, 1.807) is 0 Å². The van der Waals surface area contributed by atoms with E-state index in [9.17, 15) is 0 Å². The highest BCUT2D eigenvalue weighted by Crippen LogP contribution is 2.31. The van der Waals surface area contributed by atoms with Crippen LogP contribution in [0, 0.1) is 3.57 Å². The van der Waals surface area contributed by atoms with Gasteiger partial charge in [-0.3, -0.25) is 0 Å². The molecule has 0 unspecified atom stereocenters. The first-order valence-electron chi connectivity index (χ1n) is 3.88. The van der Waals surface area contributed by atoms with Gasteiger partial charge in [-0.05, 0) is 69.1 Å². The maximum absolute atomic E-state index is 5.53. The third kappa shape index (κ3) is 1.62. The molecule has 0 saturated carbocycles. The quantitative estimate of drug-likeness (QED) is 0.659. The molecule has 0 radical (unpaired) electrons. The van der Waals surface area contributed by atoms with Crippen molar-refractivity contribution in [3.8, 4) is 5.75 Å². The summed E-state index contributed by atoms with van der Waals surface area (Å²) >= 11 is 5.81. The minimum absolute atomic E-state index is 0.861. The van der Waals surface area contributed by atoms with Gasteiger partial charge in [0, 0.05) is 8.04 Å². The molecule has 0 N–H and O–H groups in total. The zero-order valence-electron chi connectivity index (χ0n) is 6.44. The van der Waals surface area contributed by atoms with Gasteiger partial charge in [-0.2, -0.15) is 0 Å². The molecule has 0 amide bonds. The first kappa shape index (κ1) is 8.81. The van der Waals surface area contributed by atoms with E-state index in [1.807, 2.05) is 0 Å². The van der Waals surface area contributed by atoms with Gasteiger partial charge < -0.3 is 4.74 Å². The number of halogens is 2. The van der Waals surface area contributed by atoms with Gasteiger partial charge in [0.25, 0.3) is 0 Å². The van der Waals surface area contributed by atoms with Crippen molar-refractivity contribution >= 4 is 38.5 Å². The third-order valence-corrected chi connectivity index (χ3v) is 4.24. The van der Waals surface area contributed by atoms with Gasteiger partial charge in [0.2, 0.25) is 0 Å². The van der Waals surface area contributed by atoms with Gasteiger partial charge in [-0.15, -0.1) is 0 Å². The SMILES string of the molecule is Brc1cc2c(cc1I)CCCO2. The summed E-state index contributed by atoms with van der Waals surface area (Å²) < 4.78 is 7.92. The normalized spacial score (nSPS) is 15.2. The standard InChI is InChI=1S/C9H8BrIO/c10-7-5-9-6(4-8(7)11)2-1-3-12-9/h4-5H,1-3H2. The third-order valence-electron chi connectivity index (χ3n) is 1.95. The molecule has 12 heavy (non-hydrogen) atoms. The Hall–Kier alpha value is 0.230. The summed E-state index contributed by atoms with van der Waals surface area (Å²) in [5.41, 5.74) is 1.34. The van der Waals surface area contributed by atoms with Crippen molar-refractivity contribution in [3.63, 3.8) is 0 Å². The molecule has 64 valence electrons. The van der Waals surface area contributed by atoms with Crippen LogP contribution in [-0.2, 0) is 6.42 Å². The van der Waals surface area contributed by atoms with Gasteiger partial charge >= 0.3 is 0 Å². The number of rotatable bonds is 0. The van der Waals surface area contributed by atoms with Gasteiger partial charge in [-0.1, -0.05) is 0 Å². The number of fused-ring (bicyclic) bond motifs is 1. The van der Waals surface area contributed by atoms with Crippen molar-refractivity contribution in [1.29, 1.82) is 0 Å². The van der Waals surface area contributed by atoms with Crippen LogP contribution >= 0.6 is 38.5 Å². The van der Waals surface area contributed by atoms with Gasteiger partial charge in [-0.25, -0.2) is 0 Å². The lowest BCUT2D eigenvalue weighted by atomic mass is 10.1. The summed E-state index contributed by atoms with van der Waals surface area (Å²) in [6, 6.07) is 4.26. The molecule has 0 aliphatic carbocycles. The van der Waals surface area contributed by atoms with Crippen molar-refractivity contribution < 1.29 is 4.74 Å². The fourth-order valence-corrected chi connectivity index (χ4v) is 2.20. The van der Waals surface area contributed by atoms with E-state index in [2.05, 4.69) is 50.7 Å². The highest BCUT2D eigenvalue weighted by atomic mass is 127. The van der Waals surface area contributed by atoms with Crippen LogP contribution in [0.4, 0.5) is 0 Å². The fraction of sp³-hybridized carbons (Fsp3) is 0.333. The van der Waals surface area contributed by atoms with Crippen LogP contribution in [0.1, 0.15) is 12.0 Å². The largest absolute Gasteiger partial charge is 0.493 e. The Morgan fingerprint density at radius 3 is 3.08 bits per heavy atom. The monoisotopic (exact) mass is 338 g/mol. The number of benzene rings is 1. The lowest BCUT2D eigenvalue weighted by molar-refractivity contribution is 0.288. The van der Waals surface area contributed by atoms with Crippen LogP contribution in [0.15, 0.2) is 16.6 Å². The molecule has 1 nitrogen and oxygen atoms in total. The summed E-state index contributed by atoms with van der Waals surface area (Å²) in [5, 5.41) is 0. The van der Waals surface area contributed by atoms with Crippen molar-refractivity contribution in [2.24, 2.45) is 0 Å². The van der Waals surface area contributed by atoms with Crippen molar-refractivity contribution in [3.05, 3.63) is 25.7 Å². The van der Waals surface area contributed by atoms with Gasteiger partial charge in [0.15, 0.2) is 0 Å². The first-order chi connectivity index (χ1) is 5.77. The molecular weight excluding hydrogens is 331 g/mol. The Balaban J connectivity index is 2.49. The highest BCUT2D eigenvalue weighted by Gasteiger charge is 2.11. The number of ether oxygens (including phenoxy) is 1. The molecule has 1 aromatic rings. The topological polar surface area (TPSA) is 9.23 Å². The van der Waals surface area contributed by atoms with Crippen LogP contribution in [0.3, 0.4) is 0 Å². The second-order valence-corrected chi connectivity index (χ2v) is 4.84. The minimum atomic E-state index is 0.861. The molecule has 2 rings (SSSR count). The maximum Gasteiger partial charge on any atom is 0.123 e. The average Bonchev–Trinajstić information content (AvgIpc) is 2.07. The molecular formula is C9H8BrIO. The van der Waals surface area contributed by atoms with E-state index in [4.69, 9.17) is 4.74 Å². The lowest BCUT2D eigenvalue weighted by Gasteiger charge is -2.17. The first-order valence-corrected chi connectivity index (χ1v) is 5.75. The molecule has 1 aliphatic heterocycles. The Morgan fingerprint density at radius 1 is 1.42 bits per heavy atom. The van der Waals surface area contributed by atoms with Crippen molar-refractivity contribution in [1.82, 2.24) is 0 Å². The molecule has 3 heteroatoms. The van der Waals surface area contributed by atoms with Crippen molar-refractivity contribution in [2.45, 2.75) is 12.8 Å². The molecule has 1 aliphatic rings. The molecule has 0 saturated heterocycles. The zero-order chi connectivity index (χ0) is 8.55. The van der Waals surface area contributed by atoms with E-state index in [-0.39, 0.29) is 0 Å². The van der Waals surface area contributed by atoms with Gasteiger partial charge in [0.1, 0.15) is 5.75 Å². The predicted molar refractivity (Wildman–Crippen MR) is 60.7 cm³/mol. The molecule has 0 bridgehead atoms. The van der Waals surface area contributed by atoms with Crippen molar-refractivity contribution in [2.75, 3.05) is 6.61 Å². The number of aryl methyl sites for hydroxylation is 1.